The van der Waals surface area contributed by atoms with Crippen molar-refractivity contribution < 1.29 is 12.8 Å². The van der Waals surface area contributed by atoms with E-state index < -0.39 is 9.84 Å². The van der Waals surface area contributed by atoms with E-state index in [0.29, 0.717) is 18.8 Å². The van der Waals surface area contributed by atoms with Crippen molar-refractivity contribution in [2.75, 3.05) is 36.0 Å². The first-order valence-electron chi connectivity index (χ1n) is 7.42. The summed E-state index contributed by atoms with van der Waals surface area (Å²) >= 11 is 0. The zero-order valence-electron chi connectivity index (χ0n) is 12.6. The van der Waals surface area contributed by atoms with E-state index in [2.05, 4.69) is 12.2 Å². The topological polar surface area (TPSA) is 49.4 Å². The first-order chi connectivity index (χ1) is 9.94. The number of sulfone groups is 1. The Morgan fingerprint density at radius 1 is 1.33 bits per heavy atom. The van der Waals surface area contributed by atoms with Crippen LogP contribution in [0, 0.1) is 5.82 Å². The zero-order valence-corrected chi connectivity index (χ0v) is 13.4. The molecule has 1 saturated heterocycles. The Labute approximate surface area is 126 Å². The molecule has 1 atom stereocenters. The number of nitrogens with one attached hydrogen (secondary N) is 1. The molecule has 1 aromatic rings. The summed E-state index contributed by atoms with van der Waals surface area (Å²) in [4.78, 5) is 1.86. The maximum Gasteiger partial charge on any atom is 0.153 e. The van der Waals surface area contributed by atoms with Crippen LogP contribution in [0.15, 0.2) is 18.2 Å². The van der Waals surface area contributed by atoms with Gasteiger partial charge >= 0.3 is 0 Å². The van der Waals surface area contributed by atoms with Gasteiger partial charge in [-0.15, -0.1) is 0 Å². The van der Waals surface area contributed by atoms with Crippen LogP contribution in [0.5, 0.6) is 0 Å². The van der Waals surface area contributed by atoms with Gasteiger partial charge < -0.3 is 10.2 Å². The quantitative estimate of drug-likeness (QED) is 0.904. The summed E-state index contributed by atoms with van der Waals surface area (Å²) in [6, 6.07) is 5.09. The molecule has 4 nitrogen and oxygen atoms in total. The van der Waals surface area contributed by atoms with Crippen LogP contribution in [-0.4, -0.2) is 39.6 Å². The minimum absolute atomic E-state index is 0.0363. The zero-order chi connectivity index (χ0) is 15.5. The van der Waals surface area contributed by atoms with E-state index in [0.717, 1.165) is 18.5 Å². The van der Waals surface area contributed by atoms with Gasteiger partial charge in [0.2, 0.25) is 0 Å². The Hall–Kier alpha value is -1.14. The van der Waals surface area contributed by atoms with Crippen LogP contribution < -0.4 is 10.2 Å². The largest absolute Gasteiger partial charge is 0.367 e. The van der Waals surface area contributed by atoms with Gasteiger partial charge in [0, 0.05) is 19.1 Å². The van der Waals surface area contributed by atoms with Crippen LogP contribution >= 0.6 is 0 Å². The second-order valence-corrected chi connectivity index (χ2v) is 7.80. The molecule has 21 heavy (non-hydrogen) atoms. The normalized spacial score (nSPS) is 19.5. The Morgan fingerprint density at radius 3 is 2.62 bits per heavy atom. The number of anilines is 1. The predicted molar refractivity (Wildman–Crippen MR) is 84.0 cm³/mol. The molecule has 0 bridgehead atoms. The Bertz CT molecular complexity index is 575. The van der Waals surface area contributed by atoms with Crippen LogP contribution in [0.3, 0.4) is 0 Å². The van der Waals surface area contributed by atoms with Crippen molar-refractivity contribution in [1.82, 2.24) is 5.32 Å². The first-order valence-corrected chi connectivity index (χ1v) is 9.24. The monoisotopic (exact) mass is 314 g/mol. The summed E-state index contributed by atoms with van der Waals surface area (Å²) in [6.45, 7) is 5.68. The van der Waals surface area contributed by atoms with E-state index in [1.807, 2.05) is 17.9 Å². The lowest BCUT2D eigenvalue weighted by Gasteiger charge is -2.32. The molecule has 1 aliphatic heterocycles. The highest BCUT2D eigenvalue weighted by atomic mass is 32.2. The van der Waals surface area contributed by atoms with Gasteiger partial charge in [-0.1, -0.05) is 19.1 Å². The third-order valence-corrected chi connectivity index (χ3v) is 5.45. The van der Waals surface area contributed by atoms with Gasteiger partial charge in [0.15, 0.2) is 9.84 Å². The minimum atomic E-state index is -2.96. The standard InChI is InChI=1S/C15H23FN2O2S/c1-3-7-17-12(2)13-5-4-6-14(16)15(13)18-8-10-21(19,20)11-9-18/h4-6,12,17H,3,7-11H2,1-2H3. The highest BCUT2D eigenvalue weighted by molar-refractivity contribution is 7.91. The summed E-state index contributed by atoms with van der Waals surface area (Å²) in [5.41, 5.74) is 1.44. The molecule has 6 heteroatoms. The van der Waals surface area contributed by atoms with Crippen molar-refractivity contribution in [1.29, 1.82) is 0 Å². The van der Waals surface area contributed by atoms with Crippen molar-refractivity contribution in [2.24, 2.45) is 0 Å². The van der Waals surface area contributed by atoms with Crippen LogP contribution in [0.2, 0.25) is 0 Å². The highest BCUT2D eigenvalue weighted by Crippen LogP contribution is 2.30. The van der Waals surface area contributed by atoms with E-state index in [1.165, 1.54) is 6.07 Å². The van der Waals surface area contributed by atoms with Crippen LogP contribution in [0.25, 0.3) is 0 Å². The Balaban J connectivity index is 2.26. The number of hydrogen-bond donors (Lipinski definition) is 1. The molecule has 2 rings (SSSR count). The summed E-state index contributed by atoms with van der Waals surface area (Å²) in [5, 5.41) is 3.36. The lowest BCUT2D eigenvalue weighted by atomic mass is 10.0. The van der Waals surface area contributed by atoms with Gasteiger partial charge in [0.1, 0.15) is 5.82 Å². The average Bonchev–Trinajstić information content (AvgIpc) is 2.45. The SMILES string of the molecule is CCCNC(C)c1cccc(F)c1N1CCS(=O)(=O)CC1. The maximum atomic E-state index is 14.3. The van der Waals surface area contributed by atoms with Crippen molar-refractivity contribution in [2.45, 2.75) is 26.3 Å². The molecule has 118 valence electrons. The van der Waals surface area contributed by atoms with Crippen molar-refractivity contribution in [3.63, 3.8) is 0 Å². The Kier molecular flexibility index (Phi) is 5.22. The molecule has 0 radical (unpaired) electrons. The van der Waals surface area contributed by atoms with Crippen LogP contribution in [0.4, 0.5) is 10.1 Å². The fourth-order valence-corrected chi connectivity index (χ4v) is 3.82. The van der Waals surface area contributed by atoms with Gasteiger partial charge in [-0.3, -0.25) is 0 Å². The number of para-hydroxylation sites is 1. The highest BCUT2D eigenvalue weighted by Gasteiger charge is 2.26. The third-order valence-electron chi connectivity index (χ3n) is 3.85. The average molecular weight is 314 g/mol. The summed E-state index contributed by atoms with van der Waals surface area (Å²) in [5.74, 6) is -0.0910. The lowest BCUT2D eigenvalue weighted by Crippen LogP contribution is -2.41. The molecule has 0 spiro atoms. The van der Waals surface area contributed by atoms with E-state index in [9.17, 15) is 12.8 Å². The summed E-state index contributed by atoms with van der Waals surface area (Å²) in [7, 11) is -2.96. The lowest BCUT2D eigenvalue weighted by molar-refractivity contribution is 0.555. The van der Waals surface area contributed by atoms with E-state index in [1.54, 1.807) is 6.07 Å². The number of halogens is 1. The predicted octanol–water partition coefficient (Wildman–Crippen LogP) is 2.12. The molecule has 0 amide bonds. The number of nitrogens with zero attached hydrogens (tertiary/aromatic N) is 1. The molecule has 1 unspecified atom stereocenters. The smallest absolute Gasteiger partial charge is 0.153 e. The first kappa shape index (κ1) is 16.2. The van der Waals surface area contributed by atoms with Crippen molar-refractivity contribution in [3.8, 4) is 0 Å². The molecular weight excluding hydrogens is 291 g/mol. The molecular formula is C15H23FN2O2S. The van der Waals surface area contributed by atoms with Gasteiger partial charge in [-0.05, 0) is 31.5 Å². The second-order valence-electron chi connectivity index (χ2n) is 5.49. The minimum Gasteiger partial charge on any atom is -0.367 e. The van der Waals surface area contributed by atoms with Crippen LogP contribution in [0.1, 0.15) is 31.9 Å². The van der Waals surface area contributed by atoms with Crippen molar-refractivity contribution >= 4 is 15.5 Å². The molecule has 1 fully saturated rings. The number of rotatable bonds is 5. The van der Waals surface area contributed by atoms with Crippen molar-refractivity contribution in [3.05, 3.63) is 29.6 Å². The van der Waals surface area contributed by atoms with E-state index >= 15 is 0 Å². The third kappa shape index (κ3) is 3.95. The number of benzene rings is 1. The summed E-state index contributed by atoms with van der Waals surface area (Å²) < 4.78 is 37.4. The van der Waals surface area contributed by atoms with Gasteiger partial charge in [-0.2, -0.15) is 0 Å². The number of hydrogen-bond acceptors (Lipinski definition) is 4. The van der Waals surface area contributed by atoms with Gasteiger partial charge in [0.05, 0.1) is 17.2 Å². The fourth-order valence-electron chi connectivity index (χ4n) is 2.62. The van der Waals surface area contributed by atoms with Gasteiger partial charge in [-0.25, -0.2) is 12.8 Å². The molecule has 0 aromatic heterocycles. The molecule has 1 aliphatic rings. The van der Waals surface area contributed by atoms with Gasteiger partial charge in [0.25, 0.3) is 0 Å². The van der Waals surface area contributed by atoms with Crippen LogP contribution in [-0.2, 0) is 9.84 Å². The molecule has 1 heterocycles. The molecule has 0 aliphatic carbocycles. The Morgan fingerprint density at radius 2 is 2.00 bits per heavy atom. The van der Waals surface area contributed by atoms with E-state index in [4.69, 9.17) is 0 Å². The second kappa shape index (κ2) is 6.75. The molecule has 1 aromatic carbocycles. The maximum absolute atomic E-state index is 14.3. The summed E-state index contributed by atoms with van der Waals surface area (Å²) in [6.07, 6.45) is 1.01. The molecule has 0 saturated carbocycles. The molecule has 1 N–H and O–H groups in total. The fraction of sp³-hybridized carbons (Fsp3) is 0.600. The van der Waals surface area contributed by atoms with E-state index in [-0.39, 0.29) is 23.4 Å².